The van der Waals surface area contributed by atoms with Gasteiger partial charge in [0.25, 0.3) is 5.76 Å². The minimum Gasteiger partial charge on any atom is -0.496 e. The summed E-state index contributed by atoms with van der Waals surface area (Å²) in [6, 6.07) is 14.2. The lowest BCUT2D eigenvalue weighted by Crippen LogP contribution is -2.16. The highest BCUT2D eigenvalue weighted by atomic mass is 19.4. The van der Waals surface area contributed by atoms with Crippen LogP contribution in [0.1, 0.15) is 21.7 Å². The molecule has 0 atom stereocenters. The third kappa shape index (κ3) is 4.83. The highest BCUT2D eigenvalue weighted by Gasteiger charge is 2.40. The molecular weight excluding hydrogens is 481 g/mol. The topological polar surface area (TPSA) is 84.2 Å². The van der Waals surface area contributed by atoms with Crippen LogP contribution in [-0.2, 0) is 6.18 Å². The van der Waals surface area contributed by atoms with Gasteiger partial charge in [-0.1, -0.05) is 23.8 Å². The van der Waals surface area contributed by atoms with E-state index >= 15 is 0 Å². The molecule has 1 aromatic heterocycles. The third-order valence-corrected chi connectivity index (χ3v) is 5.16. The Morgan fingerprint density at radius 2 is 1.50 bits per heavy atom. The number of hydrogen-bond donors (Lipinski definition) is 0. The Balaban J connectivity index is 1.76. The Hall–Kier alpha value is -4.47. The number of benzene rings is 3. The fourth-order valence-electron chi connectivity index (χ4n) is 3.43. The predicted octanol–water partition coefficient (Wildman–Crippen LogP) is 6.15. The standard InChI is InChI=1S/C26H19F3O7/c1-14-7-9-15(10-8-14)34-23-22(30)17-12-11-16(13-20(17)36-24(23)26(27,28)29)35-25(31)21-18(32-2)5-4-6-19(21)33-3/h4-13H,1-3H3. The molecule has 7 nitrogen and oxygen atoms in total. The molecule has 10 heteroatoms. The Bertz CT molecular complexity index is 1470. The van der Waals surface area contributed by atoms with E-state index in [-0.39, 0.29) is 33.9 Å². The van der Waals surface area contributed by atoms with Gasteiger partial charge in [-0.3, -0.25) is 4.79 Å². The second kappa shape index (κ2) is 9.65. The van der Waals surface area contributed by atoms with Crippen molar-refractivity contribution in [3.63, 3.8) is 0 Å². The molecule has 4 aromatic rings. The minimum absolute atomic E-state index is 0.0260. The second-order valence-corrected chi connectivity index (χ2v) is 7.59. The van der Waals surface area contributed by atoms with E-state index in [1.54, 1.807) is 25.1 Å². The van der Waals surface area contributed by atoms with Crippen molar-refractivity contribution in [2.45, 2.75) is 13.1 Å². The minimum atomic E-state index is -5.04. The maximum atomic E-state index is 13.8. The van der Waals surface area contributed by atoms with Crippen molar-refractivity contribution in [2.24, 2.45) is 0 Å². The fourth-order valence-corrected chi connectivity index (χ4v) is 3.43. The van der Waals surface area contributed by atoms with Crippen LogP contribution < -0.4 is 24.4 Å². The molecule has 3 aromatic carbocycles. The maximum absolute atomic E-state index is 13.8. The summed E-state index contributed by atoms with van der Waals surface area (Å²) in [6.07, 6.45) is -5.04. The van der Waals surface area contributed by atoms with Gasteiger partial charge in [-0.25, -0.2) is 4.79 Å². The number of carbonyl (C=O) groups is 1. The molecule has 0 unspecified atom stereocenters. The van der Waals surface area contributed by atoms with Gasteiger partial charge in [0.05, 0.1) is 19.6 Å². The van der Waals surface area contributed by atoms with Gasteiger partial charge in [0, 0.05) is 6.07 Å². The van der Waals surface area contributed by atoms with Crippen molar-refractivity contribution in [1.29, 1.82) is 0 Å². The molecule has 0 N–H and O–H groups in total. The van der Waals surface area contributed by atoms with Crippen molar-refractivity contribution < 1.29 is 41.3 Å². The number of fused-ring (bicyclic) bond motifs is 1. The Kier molecular flexibility index (Phi) is 6.61. The highest BCUT2D eigenvalue weighted by molar-refractivity contribution is 5.97. The zero-order chi connectivity index (χ0) is 26.0. The van der Waals surface area contributed by atoms with E-state index in [2.05, 4.69) is 0 Å². The summed E-state index contributed by atoms with van der Waals surface area (Å²) in [4.78, 5) is 25.8. The number of carbonyl (C=O) groups excluding carboxylic acids is 1. The first kappa shape index (κ1) is 24.6. The van der Waals surface area contributed by atoms with Crippen LogP contribution in [0.3, 0.4) is 0 Å². The molecule has 1 heterocycles. The summed E-state index contributed by atoms with van der Waals surface area (Å²) >= 11 is 0. The van der Waals surface area contributed by atoms with E-state index in [0.29, 0.717) is 0 Å². The van der Waals surface area contributed by atoms with Gasteiger partial charge >= 0.3 is 12.1 Å². The maximum Gasteiger partial charge on any atom is 0.453 e. The van der Waals surface area contributed by atoms with Gasteiger partial charge < -0.3 is 23.4 Å². The van der Waals surface area contributed by atoms with E-state index in [9.17, 15) is 22.8 Å². The molecule has 0 amide bonds. The smallest absolute Gasteiger partial charge is 0.453 e. The molecule has 186 valence electrons. The van der Waals surface area contributed by atoms with Crippen LogP contribution in [0.4, 0.5) is 13.2 Å². The number of alkyl halides is 3. The second-order valence-electron chi connectivity index (χ2n) is 7.59. The van der Waals surface area contributed by atoms with Crippen molar-refractivity contribution in [1.82, 2.24) is 0 Å². The first-order chi connectivity index (χ1) is 17.1. The van der Waals surface area contributed by atoms with E-state index in [0.717, 1.165) is 11.6 Å². The molecular formula is C26H19F3O7. The average Bonchev–Trinajstić information content (AvgIpc) is 2.85. The molecule has 0 aliphatic carbocycles. The molecule has 36 heavy (non-hydrogen) atoms. The van der Waals surface area contributed by atoms with E-state index < -0.39 is 34.7 Å². The van der Waals surface area contributed by atoms with E-state index in [4.69, 9.17) is 23.4 Å². The van der Waals surface area contributed by atoms with Crippen LogP contribution >= 0.6 is 0 Å². The summed E-state index contributed by atoms with van der Waals surface area (Å²) in [7, 11) is 2.70. The quantitative estimate of drug-likeness (QED) is 0.232. The van der Waals surface area contributed by atoms with Crippen LogP contribution in [0.2, 0.25) is 0 Å². The highest BCUT2D eigenvalue weighted by Crippen LogP contribution is 2.39. The van der Waals surface area contributed by atoms with Crippen LogP contribution in [0.25, 0.3) is 11.0 Å². The molecule has 0 aliphatic rings. The lowest BCUT2D eigenvalue weighted by molar-refractivity contribution is -0.154. The van der Waals surface area contributed by atoms with Crippen LogP contribution in [-0.4, -0.2) is 20.2 Å². The van der Waals surface area contributed by atoms with Gasteiger partial charge in [0.15, 0.2) is 0 Å². The number of ether oxygens (including phenoxy) is 4. The molecule has 0 saturated heterocycles. The number of hydrogen-bond acceptors (Lipinski definition) is 7. The van der Waals surface area contributed by atoms with Crippen molar-refractivity contribution >= 4 is 16.9 Å². The molecule has 0 spiro atoms. The van der Waals surface area contributed by atoms with E-state index in [1.807, 2.05) is 0 Å². The monoisotopic (exact) mass is 500 g/mol. The Morgan fingerprint density at radius 1 is 0.889 bits per heavy atom. The zero-order valence-corrected chi connectivity index (χ0v) is 19.3. The first-order valence-corrected chi connectivity index (χ1v) is 10.5. The zero-order valence-electron chi connectivity index (χ0n) is 19.3. The Labute approximate surface area is 202 Å². The van der Waals surface area contributed by atoms with Gasteiger partial charge in [0.2, 0.25) is 11.2 Å². The Morgan fingerprint density at radius 3 is 2.08 bits per heavy atom. The van der Waals surface area contributed by atoms with Gasteiger partial charge in [-0.2, -0.15) is 13.2 Å². The predicted molar refractivity (Wildman–Crippen MR) is 123 cm³/mol. The first-order valence-electron chi connectivity index (χ1n) is 10.5. The van der Waals surface area contributed by atoms with Crippen molar-refractivity contribution in [3.8, 4) is 28.7 Å². The third-order valence-electron chi connectivity index (χ3n) is 5.16. The van der Waals surface area contributed by atoms with Gasteiger partial charge in [-0.05, 0) is 43.3 Å². The SMILES string of the molecule is COc1cccc(OC)c1C(=O)Oc1ccc2c(=O)c(Oc3ccc(C)cc3)c(C(F)(F)F)oc2c1. The summed E-state index contributed by atoms with van der Waals surface area (Å²) < 4.78 is 67.4. The summed E-state index contributed by atoms with van der Waals surface area (Å²) in [5.41, 5.74) is -0.645. The van der Waals surface area contributed by atoms with E-state index in [1.165, 1.54) is 50.6 Å². The van der Waals surface area contributed by atoms with Crippen molar-refractivity contribution in [3.05, 3.63) is 87.8 Å². The van der Waals surface area contributed by atoms with Gasteiger partial charge in [-0.15, -0.1) is 0 Å². The number of esters is 1. The number of aryl methyl sites for hydroxylation is 1. The molecule has 0 fully saturated rings. The summed E-state index contributed by atoms with van der Waals surface area (Å²) in [6.45, 7) is 1.80. The molecule has 0 saturated carbocycles. The lowest BCUT2D eigenvalue weighted by atomic mass is 10.1. The normalized spacial score (nSPS) is 11.3. The summed E-state index contributed by atoms with van der Waals surface area (Å²) in [5.74, 6) is -3.29. The number of rotatable bonds is 6. The van der Waals surface area contributed by atoms with Crippen molar-refractivity contribution in [2.75, 3.05) is 14.2 Å². The van der Waals surface area contributed by atoms with Crippen LogP contribution in [0.5, 0.6) is 28.7 Å². The average molecular weight is 500 g/mol. The molecule has 4 rings (SSSR count). The molecule has 0 aliphatic heterocycles. The summed E-state index contributed by atoms with van der Waals surface area (Å²) in [5, 5.41) is -0.195. The van der Waals surface area contributed by atoms with Crippen LogP contribution in [0, 0.1) is 6.92 Å². The molecule has 0 radical (unpaired) electrons. The lowest BCUT2D eigenvalue weighted by Gasteiger charge is -2.14. The molecule has 0 bridgehead atoms. The van der Waals surface area contributed by atoms with Gasteiger partial charge in [0.1, 0.15) is 34.1 Å². The fraction of sp³-hybridized carbons (Fsp3) is 0.154. The number of halogens is 3. The largest absolute Gasteiger partial charge is 0.496 e. The number of methoxy groups -OCH3 is 2. The van der Waals surface area contributed by atoms with Crippen LogP contribution in [0.15, 0.2) is 69.9 Å².